The maximum absolute atomic E-state index is 12.5. The van der Waals surface area contributed by atoms with Crippen molar-refractivity contribution in [1.82, 2.24) is 9.80 Å². The molecule has 0 unspecified atom stereocenters. The number of esters is 2. The number of carbonyl (C=O) groups excluding carboxylic acids is 4. The molecule has 1 aliphatic rings. The Kier molecular flexibility index (Phi) is 8.60. The lowest BCUT2D eigenvalue weighted by Gasteiger charge is -2.33. The molecule has 0 aliphatic carbocycles. The zero-order chi connectivity index (χ0) is 22.3. The molecule has 0 spiro atoms. The van der Waals surface area contributed by atoms with Crippen molar-refractivity contribution >= 4 is 40.3 Å². The summed E-state index contributed by atoms with van der Waals surface area (Å²) in [5.41, 5.74) is 0.559. The van der Waals surface area contributed by atoms with Crippen molar-refractivity contribution in [2.45, 2.75) is 20.3 Å². The molecule has 1 aliphatic heterocycles. The average Bonchev–Trinajstić information content (AvgIpc) is 3.07. The van der Waals surface area contributed by atoms with Crippen LogP contribution in [0.2, 0.25) is 0 Å². The number of methoxy groups -OCH3 is 2. The van der Waals surface area contributed by atoms with Crippen LogP contribution in [0.15, 0.2) is 0 Å². The van der Waals surface area contributed by atoms with E-state index in [0.717, 1.165) is 11.3 Å². The van der Waals surface area contributed by atoms with Crippen LogP contribution in [0.1, 0.15) is 38.9 Å². The Balaban J connectivity index is 1.94. The normalized spacial score (nSPS) is 14.2. The quantitative estimate of drug-likeness (QED) is 0.503. The highest BCUT2D eigenvalue weighted by atomic mass is 32.1. The van der Waals surface area contributed by atoms with Gasteiger partial charge in [-0.15, -0.1) is 11.3 Å². The number of amides is 2. The summed E-state index contributed by atoms with van der Waals surface area (Å²) in [5.74, 6) is -1.50. The van der Waals surface area contributed by atoms with Crippen LogP contribution in [0.4, 0.5) is 9.80 Å². The molecule has 166 valence electrons. The number of piperazine rings is 1. The summed E-state index contributed by atoms with van der Waals surface area (Å²) in [6, 6.07) is 0. The molecule has 0 aromatic carbocycles. The molecular formula is C19H27N3O7S. The number of thiophene rings is 1. The third-order valence-corrected chi connectivity index (χ3v) is 5.90. The standard InChI is InChI=1S/C19H27N3O7S/c1-5-29-19(26)22-10-8-21(9-11-22)7-6-13(23)20-16-14(17(24)27-3)12(2)15(30-16)18(25)28-4/h5-11H2,1-4H3,(H,20,23). The third-order valence-electron chi connectivity index (χ3n) is 4.71. The molecule has 1 aromatic rings. The Morgan fingerprint density at radius 3 is 2.23 bits per heavy atom. The monoisotopic (exact) mass is 441 g/mol. The van der Waals surface area contributed by atoms with Crippen LogP contribution in [0, 0.1) is 6.92 Å². The summed E-state index contributed by atoms with van der Waals surface area (Å²) in [7, 11) is 2.48. The Bertz CT molecular complexity index is 800. The first-order valence-electron chi connectivity index (χ1n) is 9.56. The number of hydrogen-bond donors (Lipinski definition) is 1. The Morgan fingerprint density at radius 2 is 1.67 bits per heavy atom. The highest BCUT2D eigenvalue weighted by Gasteiger charge is 2.27. The van der Waals surface area contributed by atoms with Gasteiger partial charge in [0, 0.05) is 39.1 Å². The van der Waals surface area contributed by atoms with E-state index in [1.165, 1.54) is 14.2 Å². The molecule has 1 N–H and O–H groups in total. The Hall–Kier alpha value is -2.66. The lowest BCUT2D eigenvalue weighted by Crippen LogP contribution is -2.49. The smallest absolute Gasteiger partial charge is 0.409 e. The first-order valence-corrected chi connectivity index (χ1v) is 10.4. The second kappa shape index (κ2) is 10.9. The molecule has 1 saturated heterocycles. The molecule has 2 heterocycles. The predicted octanol–water partition coefficient (Wildman–Crippen LogP) is 1.73. The number of nitrogens with zero attached hydrogens (tertiary/aromatic N) is 2. The predicted molar refractivity (Wildman–Crippen MR) is 110 cm³/mol. The summed E-state index contributed by atoms with van der Waals surface area (Å²) in [6.45, 7) is 6.58. The van der Waals surface area contributed by atoms with Gasteiger partial charge in [0.15, 0.2) is 0 Å². The first-order chi connectivity index (χ1) is 14.3. The van der Waals surface area contributed by atoms with Crippen molar-refractivity contribution in [1.29, 1.82) is 0 Å². The number of nitrogens with one attached hydrogen (secondary N) is 1. The second-order valence-corrected chi connectivity index (χ2v) is 7.59. The number of carbonyl (C=O) groups is 4. The van der Waals surface area contributed by atoms with Crippen LogP contribution in [0.3, 0.4) is 0 Å². The fraction of sp³-hybridized carbons (Fsp3) is 0.579. The zero-order valence-corrected chi connectivity index (χ0v) is 18.4. The van der Waals surface area contributed by atoms with Crippen LogP contribution in [0.5, 0.6) is 0 Å². The number of ether oxygens (including phenoxy) is 3. The van der Waals surface area contributed by atoms with Crippen LogP contribution in [-0.2, 0) is 19.0 Å². The summed E-state index contributed by atoms with van der Waals surface area (Å²) < 4.78 is 14.5. The SMILES string of the molecule is CCOC(=O)N1CCN(CCC(=O)Nc2sc(C(=O)OC)c(C)c2C(=O)OC)CC1. The summed E-state index contributed by atoms with van der Waals surface area (Å²) in [6.07, 6.45) is -0.121. The van der Waals surface area contributed by atoms with Crippen LogP contribution < -0.4 is 5.32 Å². The zero-order valence-electron chi connectivity index (χ0n) is 17.6. The number of anilines is 1. The third kappa shape index (κ3) is 5.70. The van der Waals surface area contributed by atoms with Crippen molar-refractivity contribution in [3.8, 4) is 0 Å². The van der Waals surface area contributed by atoms with E-state index >= 15 is 0 Å². The van der Waals surface area contributed by atoms with E-state index in [9.17, 15) is 19.2 Å². The number of hydrogen-bond acceptors (Lipinski definition) is 9. The van der Waals surface area contributed by atoms with Gasteiger partial charge < -0.3 is 24.4 Å². The van der Waals surface area contributed by atoms with Crippen molar-refractivity contribution in [3.05, 3.63) is 16.0 Å². The highest BCUT2D eigenvalue weighted by Crippen LogP contribution is 2.34. The topological polar surface area (TPSA) is 114 Å². The fourth-order valence-corrected chi connectivity index (χ4v) is 4.18. The molecule has 1 fully saturated rings. The van der Waals surface area contributed by atoms with Gasteiger partial charge in [-0.3, -0.25) is 9.69 Å². The molecule has 2 rings (SSSR count). The molecule has 1 aromatic heterocycles. The molecule has 10 nitrogen and oxygen atoms in total. The number of rotatable bonds is 7. The van der Waals surface area contributed by atoms with Gasteiger partial charge in [0.05, 0.1) is 26.4 Å². The van der Waals surface area contributed by atoms with Gasteiger partial charge in [0.25, 0.3) is 0 Å². The summed E-state index contributed by atoms with van der Waals surface area (Å²) in [5, 5.41) is 2.97. The van der Waals surface area contributed by atoms with Gasteiger partial charge in [-0.2, -0.15) is 0 Å². The molecule has 11 heteroatoms. The van der Waals surface area contributed by atoms with E-state index in [1.54, 1.807) is 18.7 Å². The van der Waals surface area contributed by atoms with Crippen molar-refractivity contribution in [3.63, 3.8) is 0 Å². The van der Waals surface area contributed by atoms with E-state index in [0.29, 0.717) is 44.9 Å². The fourth-order valence-electron chi connectivity index (χ4n) is 3.05. The minimum Gasteiger partial charge on any atom is -0.465 e. The van der Waals surface area contributed by atoms with Crippen molar-refractivity contribution < 1.29 is 33.4 Å². The average molecular weight is 442 g/mol. The lowest BCUT2D eigenvalue weighted by molar-refractivity contribution is -0.116. The van der Waals surface area contributed by atoms with Gasteiger partial charge in [-0.1, -0.05) is 0 Å². The summed E-state index contributed by atoms with van der Waals surface area (Å²) >= 11 is 0.981. The van der Waals surface area contributed by atoms with E-state index < -0.39 is 11.9 Å². The molecule has 0 bridgehead atoms. The van der Waals surface area contributed by atoms with Gasteiger partial charge in [0.1, 0.15) is 9.88 Å². The maximum Gasteiger partial charge on any atom is 0.409 e. The molecule has 0 saturated carbocycles. The largest absolute Gasteiger partial charge is 0.465 e. The van der Waals surface area contributed by atoms with E-state index in [2.05, 4.69) is 10.2 Å². The van der Waals surface area contributed by atoms with Crippen LogP contribution >= 0.6 is 11.3 Å². The lowest BCUT2D eigenvalue weighted by atomic mass is 10.1. The van der Waals surface area contributed by atoms with Crippen molar-refractivity contribution in [2.24, 2.45) is 0 Å². The van der Waals surface area contributed by atoms with Crippen LogP contribution in [-0.4, -0.2) is 87.3 Å². The van der Waals surface area contributed by atoms with E-state index in [-0.39, 0.29) is 33.9 Å². The van der Waals surface area contributed by atoms with Crippen LogP contribution in [0.25, 0.3) is 0 Å². The van der Waals surface area contributed by atoms with Gasteiger partial charge in [0.2, 0.25) is 5.91 Å². The molecular weight excluding hydrogens is 414 g/mol. The maximum atomic E-state index is 12.5. The minimum absolute atomic E-state index is 0.152. The summed E-state index contributed by atoms with van der Waals surface area (Å²) in [4.78, 5) is 52.2. The highest BCUT2D eigenvalue weighted by molar-refractivity contribution is 7.18. The minimum atomic E-state index is -0.635. The molecule has 0 atom stereocenters. The van der Waals surface area contributed by atoms with Gasteiger partial charge >= 0.3 is 18.0 Å². The van der Waals surface area contributed by atoms with E-state index in [1.807, 2.05) is 0 Å². The molecule has 0 radical (unpaired) electrons. The first kappa shape index (κ1) is 23.6. The molecule has 30 heavy (non-hydrogen) atoms. The van der Waals surface area contributed by atoms with Gasteiger partial charge in [-0.05, 0) is 19.4 Å². The van der Waals surface area contributed by atoms with E-state index in [4.69, 9.17) is 14.2 Å². The van der Waals surface area contributed by atoms with Gasteiger partial charge in [-0.25, -0.2) is 14.4 Å². The Labute approximate surface area is 179 Å². The Morgan fingerprint density at radius 1 is 1.03 bits per heavy atom. The second-order valence-electron chi connectivity index (χ2n) is 6.57. The molecule has 2 amide bonds. The van der Waals surface area contributed by atoms with Crippen molar-refractivity contribution in [2.75, 3.05) is 58.9 Å².